The first-order valence-corrected chi connectivity index (χ1v) is 7.39. The molecule has 0 amide bonds. The van der Waals surface area contributed by atoms with E-state index in [1.807, 2.05) is 31.2 Å². The Kier molecular flexibility index (Phi) is 4.63. The molecule has 0 aliphatic carbocycles. The van der Waals surface area contributed by atoms with Crippen LogP contribution in [0.25, 0.3) is 0 Å². The van der Waals surface area contributed by atoms with Gasteiger partial charge in [0.05, 0.1) is 11.8 Å². The van der Waals surface area contributed by atoms with E-state index < -0.39 is 0 Å². The van der Waals surface area contributed by atoms with Crippen LogP contribution in [0.4, 0.5) is 5.82 Å². The minimum absolute atomic E-state index is 0.439. The van der Waals surface area contributed by atoms with Crippen molar-refractivity contribution in [2.45, 2.75) is 13.5 Å². The molecule has 0 fully saturated rings. The van der Waals surface area contributed by atoms with Crippen molar-refractivity contribution < 1.29 is 4.74 Å². The van der Waals surface area contributed by atoms with Gasteiger partial charge in [0.2, 0.25) is 5.88 Å². The SMILES string of the molecule is Cc1ccc(Oc2ncccc2CNc2ncccc2C#N)cn1. The lowest BCUT2D eigenvalue weighted by Crippen LogP contribution is -2.05. The van der Waals surface area contributed by atoms with Gasteiger partial charge in [-0.1, -0.05) is 6.07 Å². The van der Waals surface area contributed by atoms with E-state index in [1.165, 1.54) is 0 Å². The first kappa shape index (κ1) is 15.4. The summed E-state index contributed by atoms with van der Waals surface area (Å²) in [4.78, 5) is 12.7. The number of nitriles is 1. The van der Waals surface area contributed by atoms with E-state index in [0.29, 0.717) is 29.6 Å². The fourth-order valence-corrected chi connectivity index (χ4v) is 2.09. The fourth-order valence-electron chi connectivity index (χ4n) is 2.09. The predicted molar refractivity (Wildman–Crippen MR) is 89.6 cm³/mol. The molecule has 0 aliphatic heterocycles. The maximum Gasteiger partial charge on any atom is 0.224 e. The average Bonchev–Trinajstić information content (AvgIpc) is 2.63. The summed E-state index contributed by atoms with van der Waals surface area (Å²) in [7, 11) is 0. The van der Waals surface area contributed by atoms with Gasteiger partial charge in [0.25, 0.3) is 0 Å². The van der Waals surface area contributed by atoms with Crippen molar-refractivity contribution in [2.75, 3.05) is 5.32 Å². The second-order valence-electron chi connectivity index (χ2n) is 5.07. The van der Waals surface area contributed by atoms with Crippen molar-refractivity contribution >= 4 is 5.82 Å². The number of nitrogens with zero attached hydrogens (tertiary/aromatic N) is 4. The summed E-state index contributed by atoms with van der Waals surface area (Å²) in [5.41, 5.74) is 2.27. The zero-order valence-electron chi connectivity index (χ0n) is 13.1. The van der Waals surface area contributed by atoms with E-state index in [4.69, 9.17) is 10.00 Å². The Morgan fingerprint density at radius 3 is 2.71 bits per heavy atom. The third-order valence-corrected chi connectivity index (χ3v) is 3.32. The van der Waals surface area contributed by atoms with E-state index in [2.05, 4.69) is 26.3 Å². The van der Waals surface area contributed by atoms with Crippen molar-refractivity contribution in [3.63, 3.8) is 0 Å². The maximum absolute atomic E-state index is 9.11. The highest BCUT2D eigenvalue weighted by molar-refractivity contribution is 5.51. The summed E-state index contributed by atoms with van der Waals surface area (Å²) in [6.45, 7) is 2.35. The van der Waals surface area contributed by atoms with Crippen molar-refractivity contribution in [1.29, 1.82) is 5.26 Å². The largest absolute Gasteiger partial charge is 0.437 e. The van der Waals surface area contributed by atoms with Gasteiger partial charge in [-0.05, 0) is 37.3 Å². The van der Waals surface area contributed by atoms with Gasteiger partial charge in [-0.3, -0.25) is 4.98 Å². The Balaban J connectivity index is 1.77. The number of pyridine rings is 3. The van der Waals surface area contributed by atoms with Crippen LogP contribution in [0.2, 0.25) is 0 Å². The molecule has 6 nitrogen and oxygen atoms in total. The van der Waals surface area contributed by atoms with Gasteiger partial charge in [0.1, 0.15) is 17.6 Å². The molecule has 6 heteroatoms. The first-order valence-electron chi connectivity index (χ1n) is 7.39. The van der Waals surface area contributed by atoms with Gasteiger partial charge in [-0.25, -0.2) is 9.97 Å². The Morgan fingerprint density at radius 2 is 1.92 bits per heavy atom. The van der Waals surface area contributed by atoms with E-state index in [9.17, 15) is 0 Å². The lowest BCUT2D eigenvalue weighted by Gasteiger charge is -2.11. The zero-order valence-corrected chi connectivity index (χ0v) is 13.1. The van der Waals surface area contributed by atoms with Crippen LogP contribution >= 0.6 is 0 Å². The molecule has 3 aromatic heterocycles. The number of hydrogen-bond donors (Lipinski definition) is 1. The topological polar surface area (TPSA) is 83.7 Å². The van der Waals surface area contributed by atoms with E-state index in [1.54, 1.807) is 30.7 Å². The normalized spacial score (nSPS) is 10.0. The zero-order chi connectivity index (χ0) is 16.8. The van der Waals surface area contributed by atoms with E-state index in [-0.39, 0.29) is 0 Å². The van der Waals surface area contributed by atoms with Crippen molar-refractivity contribution in [1.82, 2.24) is 15.0 Å². The lowest BCUT2D eigenvalue weighted by atomic mass is 10.2. The van der Waals surface area contributed by atoms with E-state index >= 15 is 0 Å². The average molecular weight is 317 g/mol. The van der Waals surface area contributed by atoms with Crippen LogP contribution in [0.5, 0.6) is 11.6 Å². The smallest absolute Gasteiger partial charge is 0.224 e. The molecular weight excluding hydrogens is 302 g/mol. The molecule has 0 aliphatic rings. The molecule has 0 saturated carbocycles. The second-order valence-corrected chi connectivity index (χ2v) is 5.07. The number of hydrogen-bond acceptors (Lipinski definition) is 6. The standard InChI is InChI=1S/C18H15N5O/c1-13-6-7-16(12-22-13)24-18-15(5-3-9-21-18)11-23-17-14(10-19)4-2-8-20-17/h2-9,12H,11H2,1H3,(H,20,23). The molecule has 0 saturated heterocycles. The minimum Gasteiger partial charge on any atom is -0.437 e. The number of anilines is 1. The molecule has 118 valence electrons. The number of rotatable bonds is 5. The van der Waals surface area contributed by atoms with Crippen LogP contribution in [0.3, 0.4) is 0 Å². The maximum atomic E-state index is 9.11. The van der Waals surface area contributed by atoms with Crippen LogP contribution in [0.1, 0.15) is 16.8 Å². The summed E-state index contributed by atoms with van der Waals surface area (Å²) in [5.74, 6) is 1.65. The van der Waals surface area contributed by atoms with Gasteiger partial charge in [-0.15, -0.1) is 0 Å². The predicted octanol–water partition coefficient (Wildman–Crippen LogP) is 3.46. The Labute approximate surface area is 139 Å². The highest BCUT2D eigenvalue weighted by Gasteiger charge is 2.08. The number of nitrogens with one attached hydrogen (secondary N) is 1. The quantitative estimate of drug-likeness (QED) is 0.776. The van der Waals surface area contributed by atoms with Crippen LogP contribution in [-0.2, 0) is 6.54 Å². The molecular formula is C18H15N5O. The van der Waals surface area contributed by atoms with Crippen molar-refractivity contribution in [2.24, 2.45) is 0 Å². The first-order chi connectivity index (χ1) is 11.8. The number of ether oxygens (including phenoxy) is 1. The number of aryl methyl sites for hydroxylation is 1. The molecule has 0 aromatic carbocycles. The Hall–Kier alpha value is -3.46. The summed E-state index contributed by atoms with van der Waals surface area (Å²) in [6, 6.07) is 13.0. The van der Waals surface area contributed by atoms with Gasteiger partial charge < -0.3 is 10.1 Å². The molecule has 3 aromatic rings. The molecule has 1 N–H and O–H groups in total. The fraction of sp³-hybridized carbons (Fsp3) is 0.111. The van der Waals surface area contributed by atoms with Crippen LogP contribution in [0, 0.1) is 18.3 Å². The molecule has 3 heterocycles. The third kappa shape index (κ3) is 3.65. The highest BCUT2D eigenvalue weighted by Crippen LogP contribution is 2.23. The number of aromatic nitrogens is 3. The molecule has 3 rings (SSSR count). The summed E-state index contributed by atoms with van der Waals surface area (Å²) >= 11 is 0. The minimum atomic E-state index is 0.439. The van der Waals surface area contributed by atoms with Crippen LogP contribution in [0.15, 0.2) is 55.0 Å². The van der Waals surface area contributed by atoms with Gasteiger partial charge in [0.15, 0.2) is 0 Å². The monoisotopic (exact) mass is 317 g/mol. The molecule has 0 radical (unpaired) electrons. The summed E-state index contributed by atoms with van der Waals surface area (Å²) in [5, 5.41) is 12.3. The molecule has 0 spiro atoms. The highest BCUT2D eigenvalue weighted by atomic mass is 16.5. The van der Waals surface area contributed by atoms with Crippen LogP contribution in [-0.4, -0.2) is 15.0 Å². The van der Waals surface area contributed by atoms with Crippen molar-refractivity contribution in [3.05, 3.63) is 71.8 Å². The molecule has 24 heavy (non-hydrogen) atoms. The van der Waals surface area contributed by atoms with Gasteiger partial charge in [0, 0.05) is 30.2 Å². The van der Waals surface area contributed by atoms with E-state index in [0.717, 1.165) is 11.3 Å². The lowest BCUT2D eigenvalue weighted by molar-refractivity contribution is 0.454. The second kappa shape index (κ2) is 7.20. The van der Waals surface area contributed by atoms with Crippen molar-refractivity contribution in [3.8, 4) is 17.7 Å². The van der Waals surface area contributed by atoms with Crippen LogP contribution < -0.4 is 10.1 Å². The summed E-state index contributed by atoms with van der Waals surface area (Å²) in [6.07, 6.45) is 4.97. The van der Waals surface area contributed by atoms with Gasteiger partial charge >= 0.3 is 0 Å². The Bertz CT molecular complexity index is 871. The Morgan fingerprint density at radius 1 is 1.08 bits per heavy atom. The molecule has 0 atom stereocenters. The van der Waals surface area contributed by atoms with Gasteiger partial charge in [-0.2, -0.15) is 5.26 Å². The molecule has 0 unspecified atom stereocenters. The molecule has 0 bridgehead atoms. The third-order valence-electron chi connectivity index (χ3n) is 3.32. The summed E-state index contributed by atoms with van der Waals surface area (Å²) < 4.78 is 5.81.